The topological polar surface area (TPSA) is 96.9 Å². The maximum Gasteiger partial charge on any atom is 0.409 e. The smallest absolute Gasteiger partial charge is 0.409 e. The predicted octanol–water partition coefficient (Wildman–Crippen LogP) is 3.33. The molecule has 33 heavy (non-hydrogen) atoms. The fraction of sp³-hybridized carbons (Fsp3) is 0.500. The molecular formula is C24H31N5O4. The first-order valence-corrected chi connectivity index (χ1v) is 11.6. The molecule has 0 spiro atoms. The Balaban J connectivity index is 1.22. The zero-order valence-electron chi connectivity index (χ0n) is 19.0. The van der Waals surface area contributed by atoms with Crippen LogP contribution in [0.2, 0.25) is 0 Å². The van der Waals surface area contributed by atoms with Crippen LogP contribution >= 0.6 is 0 Å². The van der Waals surface area contributed by atoms with Gasteiger partial charge in [-0.25, -0.2) is 4.79 Å². The summed E-state index contributed by atoms with van der Waals surface area (Å²) < 4.78 is 11.3. The van der Waals surface area contributed by atoms with E-state index < -0.39 is 0 Å². The summed E-state index contributed by atoms with van der Waals surface area (Å²) in [6.07, 6.45) is 4.74. The number of aromatic nitrogens is 2. The number of nitrogens with zero attached hydrogens (tertiary/aromatic N) is 4. The van der Waals surface area contributed by atoms with Crippen LogP contribution < -0.4 is 15.0 Å². The number of carbonyl (C=O) groups is 2. The highest BCUT2D eigenvalue weighted by molar-refractivity contribution is 5.93. The zero-order valence-corrected chi connectivity index (χ0v) is 19.0. The molecule has 0 radical (unpaired) electrons. The molecule has 4 rings (SSSR count). The highest BCUT2D eigenvalue weighted by atomic mass is 16.6. The number of ether oxygens (including phenoxy) is 2. The third-order valence-corrected chi connectivity index (χ3v) is 5.99. The first kappa shape index (κ1) is 22.8. The van der Waals surface area contributed by atoms with Gasteiger partial charge >= 0.3 is 6.09 Å². The molecule has 3 heterocycles. The second-order valence-corrected chi connectivity index (χ2v) is 8.47. The molecule has 0 saturated carbocycles. The SMILES string of the molecule is CCCCOC(=O)N1CCC(Oc2ccc(NC(=O)[C@H]3CCN(c4cccnn4)C3)cc2)C1. The number of benzene rings is 1. The van der Waals surface area contributed by atoms with Crippen LogP contribution in [0.25, 0.3) is 0 Å². The van der Waals surface area contributed by atoms with Gasteiger partial charge < -0.3 is 24.6 Å². The normalized spacial score (nSPS) is 20.0. The van der Waals surface area contributed by atoms with Gasteiger partial charge in [0.15, 0.2) is 5.82 Å². The minimum absolute atomic E-state index is 0.00285. The van der Waals surface area contributed by atoms with Crippen molar-refractivity contribution < 1.29 is 19.1 Å². The minimum Gasteiger partial charge on any atom is -0.489 e. The van der Waals surface area contributed by atoms with E-state index in [1.54, 1.807) is 11.1 Å². The summed E-state index contributed by atoms with van der Waals surface area (Å²) in [5.41, 5.74) is 0.734. The molecule has 176 valence electrons. The molecule has 0 aliphatic carbocycles. The fourth-order valence-electron chi connectivity index (χ4n) is 4.08. The summed E-state index contributed by atoms with van der Waals surface area (Å²) in [5.74, 6) is 1.43. The third-order valence-electron chi connectivity index (χ3n) is 5.99. The molecule has 2 amide bonds. The van der Waals surface area contributed by atoms with E-state index in [2.05, 4.69) is 27.3 Å². The summed E-state index contributed by atoms with van der Waals surface area (Å²) in [6.45, 7) is 5.10. The summed E-state index contributed by atoms with van der Waals surface area (Å²) in [6, 6.07) is 11.1. The van der Waals surface area contributed by atoms with E-state index in [0.717, 1.165) is 43.7 Å². The first-order chi connectivity index (χ1) is 16.1. The number of hydrogen-bond acceptors (Lipinski definition) is 7. The predicted molar refractivity (Wildman–Crippen MR) is 124 cm³/mol. The van der Waals surface area contributed by atoms with Crippen molar-refractivity contribution in [2.24, 2.45) is 5.92 Å². The fourth-order valence-corrected chi connectivity index (χ4v) is 4.08. The van der Waals surface area contributed by atoms with E-state index in [9.17, 15) is 9.59 Å². The number of hydrogen-bond donors (Lipinski definition) is 1. The summed E-state index contributed by atoms with van der Waals surface area (Å²) >= 11 is 0. The largest absolute Gasteiger partial charge is 0.489 e. The van der Waals surface area contributed by atoms with Crippen LogP contribution in [0.15, 0.2) is 42.6 Å². The van der Waals surface area contributed by atoms with Crippen molar-refractivity contribution in [3.63, 3.8) is 0 Å². The number of unbranched alkanes of at least 4 members (excludes halogenated alkanes) is 1. The second kappa shape index (κ2) is 11.0. The highest BCUT2D eigenvalue weighted by Crippen LogP contribution is 2.24. The van der Waals surface area contributed by atoms with Crippen LogP contribution in [0.5, 0.6) is 5.75 Å². The maximum atomic E-state index is 12.7. The van der Waals surface area contributed by atoms with Crippen molar-refractivity contribution in [2.75, 3.05) is 43.0 Å². The quantitative estimate of drug-likeness (QED) is 0.613. The van der Waals surface area contributed by atoms with E-state index in [-0.39, 0.29) is 24.0 Å². The lowest BCUT2D eigenvalue weighted by Gasteiger charge is -2.17. The molecule has 0 bridgehead atoms. The molecule has 9 nitrogen and oxygen atoms in total. The van der Waals surface area contributed by atoms with E-state index >= 15 is 0 Å². The molecule has 2 atom stereocenters. The highest BCUT2D eigenvalue weighted by Gasteiger charge is 2.30. The van der Waals surface area contributed by atoms with E-state index in [1.807, 2.05) is 36.4 Å². The molecule has 1 N–H and O–H groups in total. The van der Waals surface area contributed by atoms with Crippen LogP contribution in [-0.2, 0) is 9.53 Å². The van der Waals surface area contributed by atoms with Crippen LogP contribution in [0.1, 0.15) is 32.6 Å². The summed E-state index contributed by atoms with van der Waals surface area (Å²) in [5, 5.41) is 11.0. The van der Waals surface area contributed by atoms with Crippen LogP contribution in [0.4, 0.5) is 16.3 Å². The van der Waals surface area contributed by atoms with Crippen molar-refractivity contribution in [3.05, 3.63) is 42.6 Å². The number of anilines is 2. The third kappa shape index (κ3) is 6.12. The molecule has 2 aliphatic rings. The molecule has 1 aromatic carbocycles. The van der Waals surface area contributed by atoms with Gasteiger partial charge in [0, 0.05) is 37.9 Å². The standard InChI is InChI=1S/C24H31N5O4/c1-2-3-15-32-24(31)29-14-11-21(17-29)33-20-8-6-19(7-9-20)26-23(30)18-10-13-28(16-18)22-5-4-12-25-27-22/h4-9,12,18,21H,2-3,10-11,13-17H2,1H3,(H,26,30)/t18-,21?/m0/s1. The Kier molecular flexibility index (Phi) is 7.59. The number of amides is 2. The van der Waals surface area contributed by atoms with E-state index in [0.29, 0.717) is 32.0 Å². The Labute approximate surface area is 194 Å². The van der Waals surface area contributed by atoms with Gasteiger partial charge in [-0.2, -0.15) is 5.10 Å². The van der Waals surface area contributed by atoms with Gasteiger partial charge in [-0.1, -0.05) is 13.3 Å². The molecule has 1 unspecified atom stereocenters. The molecule has 2 aliphatic heterocycles. The van der Waals surface area contributed by atoms with Crippen molar-refractivity contribution in [2.45, 2.75) is 38.7 Å². The number of rotatable bonds is 8. The lowest BCUT2D eigenvalue weighted by Crippen LogP contribution is -2.31. The molecule has 1 aromatic heterocycles. The van der Waals surface area contributed by atoms with Crippen molar-refractivity contribution >= 4 is 23.5 Å². The zero-order chi connectivity index (χ0) is 23.0. The van der Waals surface area contributed by atoms with Crippen molar-refractivity contribution in [1.29, 1.82) is 0 Å². The monoisotopic (exact) mass is 453 g/mol. The van der Waals surface area contributed by atoms with Gasteiger partial charge in [0.1, 0.15) is 11.9 Å². The average Bonchev–Trinajstić information content (AvgIpc) is 3.51. The van der Waals surface area contributed by atoms with Crippen LogP contribution in [0, 0.1) is 5.92 Å². The Morgan fingerprint density at radius 1 is 1.12 bits per heavy atom. The molecule has 2 fully saturated rings. The minimum atomic E-state index is -0.266. The van der Waals surface area contributed by atoms with Crippen molar-refractivity contribution in [3.8, 4) is 5.75 Å². The molecule has 2 aromatic rings. The van der Waals surface area contributed by atoms with Crippen LogP contribution in [-0.4, -0.2) is 66.0 Å². The van der Waals surface area contributed by atoms with Gasteiger partial charge in [-0.05, 0) is 49.2 Å². The van der Waals surface area contributed by atoms with Crippen molar-refractivity contribution in [1.82, 2.24) is 15.1 Å². The summed E-state index contributed by atoms with van der Waals surface area (Å²) in [4.78, 5) is 28.5. The summed E-state index contributed by atoms with van der Waals surface area (Å²) in [7, 11) is 0. The lowest BCUT2D eigenvalue weighted by atomic mass is 10.1. The average molecular weight is 454 g/mol. The van der Waals surface area contributed by atoms with Crippen LogP contribution in [0.3, 0.4) is 0 Å². The van der Waals surface area contributed by atoms with Gasteiger partial charge in [0.2, 0.25) is 5.91 Å². The Morgan fingerprint density at radius 2 is 1.97 bits per heavy atom. The molecular weight excluding hydrogens is 422 g/mol. The Hall–Kier alpha value is -3.36. The second-order valence-electron chi connectivity index (χ2n) is 8.47. The molecule has 9 heteroatoms. The molecule has 2 saturated heterocycles. The Bertz CT molecular complexity index is 924. The first-order valence-electron chi connectivity index (χ1n) is 11.6. The Morgan fingerprint density at radius 3 is 2.73 bits per heavy atom. The van der Waals surface area contributed by atoms with Gasteiger partial charge in [-0.15, -0.1) is 5.10 Å². The number of carbonyl (C=O) groups excluding carboxylic acids is 2. The maximum absolute atomic E-state index is 12.7. The number of likely N-dealkylation sites (tertiary alicyclic amines) is 1. The van der Waals surface area contributed by atoms with E-state index in [1.165, 1.54) is 0 Å². The number of nitrogens with one attached hydrogen (secondary N) is 1. The van der Waals surface area contributed by atoms with Gasteiger partial charge in [0.05, 0.1) is 19.1 Å². The van der Waals surface area contributed by atoms with Gasteiger partial charge in [-0.3, -0.25) is 4.79 Å². The van der Waals surface area contributed by atoms with E-state index in [4.69, 9.17) is 9.47 Å². The lowest BCUT2D eigenvalue weighted by molar-refractivity contribution is -0.119. The van der Waals surface area contributed by atoms with Gasteiger partial charge in [0.25, 0.3) is 0 Å².